The molecular formula is C26H38N2O5S. The van der Waals surface area contributed by atoms with Crippen LogP contribution in [0.2, 0.25) is 0 Å². The van der Waals surface area contributed by atoms with E-state index in [4.69, 9.17) is 9.47 Å². The van der Waals surface area contributed by atoms with Gasteiger partial charge in [0.15, 0.2) is 0 Å². The standard InChI is InChI=1S/C26H38N2O5S/c1-25(2,3)13-11-20-15-21(22(34-20)23(29)30)27-17-7-9-18(10-8-17)32-19-12-14-28(16-19)24(31)33-26(4,5)6/h15,17-19,27H,7-10,12,14,16H2,1-6H3,(H,29,30)/t17?,18?,19-/m0/s1. The maximum Gasteiger partial charge on any atom is 0.410 e. The number of nitrogens with one attached hydrogen (secondary N) is 1. The van der Waals surface area contributed by atoms with Crippen LogP contribution in [0.4, 0.5) is 10.5 Å². The van der Waals surface area contributed by atoms with Crippen molar-refractivity contribution in [1.82, 2.24) is 4.90 Å². The molecule has 1 aromatic rings. The maximum atomic E-state index is 12.3. The lowest BCUT2D eigenvalue weighted by Crippen LogP contribution is -2.37. The summed E-state index contributed by atoms with van der Waals surface area (Å²) in [7, 11) is 0. The third-order valence-corrected chi connectivity index (χ3v) is 6.74. The van der Waals surface area contributed by atoms with Crippen molar-refractivity contribution in [2.45, 2.75) is 97.5 Å². The second-order valence-electron chi connectivity index (χ2n) is 11.2. The molecule has 1 aromatic heterocycles. The first-order valence-electron chi connectivity index (χ1n) is 12.1. The summed E-state index contributed by atoms with van der Waals surface area (Å²) in [6.07, 6.45) is 4.39. The highest BCUT2D eigenvalue weighted by Gasteiger charge is 2.33. The normalized spacial score (nSPS) is 23.2. The molecule has 0 spiro atoms. The minimum absolute atomic E-state index is 0.0430. The Labute approximate surface area is 207 Å². The van der Waals surface area contributed by atoms with Crippen LogP contribution in [0.15, 0.2) is 6.07 Å². The molecule has 2 fully saturated rings. The largest absolute Gasteiger partial charge is 0.477 e. The van der Waals surface area contributed by atoms with Gasteiger partial charge >= 0.3 is 12.1 Å². The zero-order valence-corrected chi connectivity index (χ0v) is 22.0. The minimum Gasteiger partial charge on any atom is -0.477 e. The van der Waals surface area contributed by atoms with Gasteiger partial charge in [0.1, 0.15) is 10.5 Å². The van der Waals surface area contributed by atoms with Crippen LogP contribution < -0.4 is 5.32 Å². The van der Waals surface area contributed by atoms with Crippen molar-refractivity contribution >= 4 is 29.1 Å². The van der Waals surface area contributed by atoms with Crippen LogP contribution >= 0.6 is 11.3 Å². The van der Waals surface area contributed by atoms with E-state index < -0.39 is 11.6 Å². The molecule has 0 bridgehead atoms. The van der Waals surface area contributed by atoms with Gasteiger partial charge < -0.3 is 24.8 Å². The molecule has 2 aliphatic rings. The van der Waals surface area contributed by atoms with E-state index in [-0.39, 0.29) is 29.8 Å². The van der Waals surface area contributed by atoms with Crippen LogP contribution in [0.25, 0.3) is 0 Å². The van der Waals surface area contributed by atoms with Gasteiger partial charge in [-0.15, -0.1) is 11.3 Å². The Kier molecular flexibility index (Phi) is 8.20. The van der Waals surface area contributed by atoms with Crippen molar-refractivity contribution in [2.24, 2.45) is 5.41 Å². The van der Waals surface area contributed by atoms with E-state index in [2.05, 4.69) is 17.2 Å². The topological polar surface area (TPSA) is 88.1 Å². The Hall–Kier alpha value is -2.24. The van der Waals surface area contributed by atoms with E-state index in [9.17, 15) is 14.7 Å². The van der Waals surface area contributed by atoms with E-state index in [1.807, 2.05) is 47.6 Å². The Bertz CT molecular complexity index is 939. The summed E-state index contributed by atoms with van der Waals surface area (Å²) in [5.41, 5.74) is 0.0243. The van der Waals surface area contributed by atoms with E-state index in [1.165, 1.54) is 11.3 Å². The molecule has 1 saturated heterocycles. The number of amides is 1. The number of hydrogen-bond acceptors (Lipinski definition) is 6. The van der Waals surface area contributed by atoms with Gasteiger partial charge in [-0.05, 0) is 79.7 Å². The summed E-state index contributed by atoms with van der Waals surface area (Å²) >= 11 is 1.22. The van der Waals surface area contributed by atoms with Crippen LogP contribution in [0, 0.1) is 17.3 Å². The maximum absolute atomic E-state index is 12.3. The van der Waals surface area contributed by atoms with Crippen LogP contribution in [0.1, 0.15) is 88.2 Å². The number of aromatic carboxylic acids is 1. The zero-order chi connectivity index (χ0) is 25.1. The molecule has 34 heavy (non-hydrogen) atoms. The Morgan fingerprint density at radius 2 is 1.76 bits per heavy atom. The fourth-order valence-electron chi connectivity index (χ4n) is 4.13. The number of ether oxygens (including phenoxy) is 2. The molecule has 0 aromatic carbocycles. The van der Waals surface area contributed by atoms with Crippen molar-refractivity contribution in [3.05, 3.63) is 15.8 Å². The number of hydrogen-bond donors (Lipinski definition) is 2. The molecule has 2 N–H and O–H groups in total. The molecule has 188 valence electrons. The molecular weight excluding hydrogens is 452 g/mol. The molecule has 1 amide bonds. The summed E-state index contributed by atoms with van der Waals surface area (Å²) < 4.78 is 11.8. The van der Waals surface area contributed by atoms with Gasteiger partial charge in [0.25, 0.3) is 0 Å². The minimum atomic E-state index is -0.927. The van der Waals surface area contributed by atoms with Crippen LogP contribution in [0.5, 0.6) is 0 Å². The summed E-state index contributed by atoms with van der Waals surface area (Å²) in [6.45, 7) is 12.9. The fraction of sp³-hybridized carbons (Fsp3) is 0.692. The first-order chi connectivity index (χ1) is 15.8. The highest BCUT2D eigenvalue weighted by Crippen LogP contribution is 2.32. The van der Waals surface area contributed by atoms with Gasteiger partial charge in [-0.3, -0.25) is 0 Å². The highest BCUT2D eigenvalue weighted by atomic mass is 32.1. The van der Waals surface area contributed by atoms with Crippen molar-refractivity contribution < 1.29 is 24.2 Å². The third kappa shape index (κ3) is 7.92. The third-order valence-electron chi connectivity index (χ3n) is 5.70. The smallest absolute Gasteiger partial charge is 0.410 e. The van der Waals surface area contributed by atoms with E-state index in [0.29, 0.717) is 23.7 Å². The van der Waals surface area contributed by atoms with Gasteiger partial charge in [0.2, 0.25) is 0 Å². The molecule has 0 unspecified atom stereocenters. The number of carboxylic acids is 1. The van der Waals surface area contributed by atoms with E-state index in [0.717, 1.165) is 37.0 Å². The molecule has 1 aliphatic heterocycles. The lowest BCUT2D eigenvalue weighted by atomic mass is 9.92. The number of carbonyl (C=O) groups is 2. The average Bonchev–Trinajstić information content (AvgIpc) is 3.33. The predicted octanol–water partition coefficient (Wildman–Crippen LogP) is 5.59. The van der Waals surface area contributed by atoms with Crippen LogP contribution in [0.3, 0.4) is 0 Å². The Morgan fingerprint density at radius 3 is 2.35 bits per heavy atom. The van der Waals surface area contributed by atoms with Gasteiger partial charge in [0, 0.05) is 18.0 Å². The predicted molar refractivity (Wildman–Crippen MR) is 135 cm³/mol. The second kappa shape index (κ2) is 10.6. The number of anilines is 1. The first-order valence-corrected chi connectivity index (χ1v) is 12.9. The van der Waals surface area contributed by atoms with Crippen molar-refractivity contribution in [3.8, 4) is 11.8 Å². The van der Waals surface area contributed by atoms with Gasteiger partial charge in [-0.1, -0.05) is 11.8 Å². The molecule has 3 rings (SSSR count). The van der Waals surface area contributed by atoms with E-state index in [1.54, 1.807) is 4.90 Å². The highest BCUT2D eigenvalue weighted by molar-refractivity contribution is 7.15. The number of nitrogens with zero attached hydrogens (tertiary/aromatic N) is 1. The number of thiophene rings is 1. The summed E-state index contributed by atoms with van der Waals surface area (Å²) in [5.74, 6) is 5.36. The summed E-state index contributed by atoms with van der Waals surface area (Å²) in [6, 6.07) is 2.07. The van der Waals surface area contributed by atoms with Gasteiger partial charge in [0.05, 0.1) is 29.3 Å². The summed E-state index contributed by atoms with van der Waals surface area (Å²) in [4.78, 5) is 26.8. The SMILES string of the molecule is CC(C)(C)C#Cc1cc(NC2CCC(O[C@H]3CCN(C(=O)OC(C)(C)C)C3)CC2)c(C(=O)O)s1. The lowest BCUT2D eigenvalue weighted by molar-refractivity contribution is -0.0277. The molecule has 1 atom stereocenters. The number of carboxylic acid groups (broad SMARTS) is 1. The number of rotatable bonds is 5. The molecule has 8 heteroatoms. The molecule has 1 aliphatic carbocycles. The van der Waals surface area contributed by atoms with Crippen molar-refractivity contribution in [1.29, 1.82) is 0 Å². The van der Waals surface area contributed by atoms with Crippen molar-refractivity contribution in [3.63, 3.8) is 0 Å². The van der Waals surface area contributed by atoms with Crippen molar-refractivity contribution in [2.75, 3.05) is 18.4 Å². The molecule has 0 radical (unpaired) electrons. The van der Waals surface area contributed by atoms with E-state index >= 15 is 0 Å². The van der Waals surface area contributed by atoms with Gasteiger partial charge in [-0.25, -0.2) is 9.59 Å². The number of likely N-dealkylation sites (tertiary alicyclic amines) is 1. The Morgan fingerprint density at radius 1 is 1.09 bits per heavy atom. The summed E-state index contributed by atoms with van der Waals surface area (Å²) in [5, 5.41) is 13.1. The Balaban J connectivity index is 1.49. The average molecular weight is 491 g/mol. The fourth-order valence-corrected chi connectivity index (χ4v) is 4.95. The second-order valence-corrected chi connectivity index (χ2v) is 12.3. The zero-order valence-electron chi connectivity index (χ0n) is 21.2. The van der Waals surface area contributed by atoms with Gasteiger partial charge in [-0.2, -0.15) is 0 Å². The molecule has 7 nitrogen and oxygen atoms in total. The quantitative estimate of drug-likeness (QED) is 0.523. The number of carbonyl (C=O) groups excluding carboxylic acids is 1. The first kappa shape index (κ1) is 26.4. The lowest BCUT2D eigenvalue weighted by Gasteiger charge is -2.31. The molecule has 2 heterocycles. The molecule has 1 saturated carbocycles. The van der Waals surface area contributed by atoms with Crippen LogP contribution in [-0.4, -0.2) is 59.0 Å². The monoisotopic (exact) mass is 490 g/mol. The van der Waals surface area contributed by atoms with Crippen LogP contribution in [-0.2, 0) is 9.47 Å².